The highest BCUT2D eigenvalue weighted by Gasteiger charge is 2.08. The topological polar surface area (TPSA) is 67.8 Å². The normalized spacial score (nSPS) is 10.6. The number of rotatable bonds is 3. The fourth-order valence-corrected chi connectivity index (χ4v) is 0.406. The first kappa shape index (κ1) is 12.3. The quantitative estimate of drug-likeness (QED) is 0.324. The molecule has 0 spiro atoms. The van der Waals surface area contributed by atoms with Crippen molar-refractivity contribution in [2.75, 3.05) is 0 Å². The van der Waals surface area contributed by atoms with Crippen LogP contribution in [0.1, 0.15) is 27.2 Å². The maximum atomic E-state index is 10.9. The molecule has 2 amide bonds. The molecule has 0 bridgehead atoms. The van der Waals surface area contributed by atoms with E-state index < -0.39 is 12.0 Å². The summed E-state index contributed by atoms with van der Waals surface area (Å²) in [6, 6.07) is 0. The zero-order valence-corrected chi connectivity index (χ0v) is 8.59. The average molecular weight is 198 g/mol. The molecule has 0 rings (SSSR count). The van der Waals surface area contributed by atoms with Crippen LogP contribution in [-0.4, -0.2) is 17.7 Å². The predicted molar refractivity (Wildman–Crippen MR) is 52.8 cm³/mol. The lowest BCUT2D eigenvalue weighted by Gasteiger charge is -2.00. The van der Waals surface area contributed by atoms with Gasteiger partial charge in [0.15, 0.2) is 0 Å². The maximum absolute atomic E-state index is 10.9. The summed E-state index contributed by atoms with van der Waals surface area (Å²) in [5.74, 6) is -0.570. The standard InChI is InChI=1S/C9H14N2O3/c1-5-7(4)11-14-9(13)10-8(12)6(2)3/h2,5H2,1,3-4H3,(H,10,12,13). The Labute approximate surface area is 82.8 Å². The molecule has 5 heteroatoms. The SMILES string of the molecule is C=C(C)C(=O)NC(=O)ON=C(C)CC. The smallest absolute Gasteiger partial charge is 0.298 e. The molecule has 0 aliphatic heterocycles. The van der Waals surface area contributed by atoms with Crippen LogP contribution >= 0.6 is 0 Å². The third-order valence-electron chi connectivity index (χ3n) is 1.40. The molecule has 0 heterocycles. The molecular formula is C9H14N2O3. The van der Waals surface area contributed by atoms with Gasteiger partial charge in [-0.1, -0.05) is 18.7 Å². The fourth-order valence-electron chi connectivity index (χ4n) is 0.406. The first-order valence-corrected chi connectivity index (χ1v) is 4.18. The minimum atomic E-state index is -0.897. The van der Waals surface area contributed by atoms with Crippen LogP contribution in [0.3, 0.4) is 0 Å². The second-order valence-corrected chi connectivity index (χ2v) is 2.79. The molecule has 0 aromatic carbocycles. The molecule has 5 nitrogen and oxygen atoms in total. The number of nitrogens with zero attached hydrogens (tertiary/aromatic N) is 1. The van der Waals surface area contributed by atoms with Crippen LogP contribution in [-0.2, 0) is 9.63 Å². The minimum absolute atomic E-state index is 0.234. The van der Waals surface area contributed by atoms with Crippen LogP contribution in [0.4, 0.5) is 4.79 Å². The maximum Gasteiger partial charge on any atom is 0.440 e. The van der Waals surface area contributed by atoms with Crippen molar-refractivity contribution < 1.29 is 14.4 Å². The second-order valence-electron chi connectivity index (χ2n) is 2.79. The third-order valence-corrected chi connectivity index (χ3v) is 1.40. The Morgan fingerprint density at radius 3 is 2.43 bits per heavy atom. The van der Waals surface area contributed by atoms with E-state index in [0.717, 1.165) is 0 Å². The lowest BCUT2D eigenvalue weighted by atomic mass is 10.3. The summed E-state index contributed by atoms with van der Waals surface area (Å²) in [5, 5.41) is 5.43. The third kappa shape index (κ3) is 5.08. The number of oxime groups is 1. The van der Waals surface area contributed by atoms with E-state index in [1.165, 1.54) is 6.92 Å². The van der Waals surface area contributed by atoms with Crippen LogP contribution in [0.25, 0.3) is 0 Å². The van der Waals surface area contributed by atoms with E-state index in [0.29, 0.717) is 12.1 Å². The molecule has 0 fully saturated rings. The Balaban J connectivity index is 4.00. The number of nitrogens with one attached hydrogen (secondary N) is 1. The molecule has 0 aromatic rings. The Bertz CT molecular complexity index is 282. The van der Waals surface area contributed by atoms with Crippen molar-refractivity contribution in [3.63, 3.8) is 0 Å². The summed E-state index contributed by atoms with van der Waals surface area (Å²) in [7, 11) is 0. The van der Waals surface area contributed by atoms with Crippen molar-refractivity contribution in [3.05, 3.63) is 12.2 Å². The molecule has 0 unspecified atom stereocenters. The summed E-state index contributed by atoms with van der Waals surface area (Å²) >= 11 is 0. The van der Waals surface area contributed by atoms with Crippen molar-refractivity contribution in [1.29, 1.82) is 0 Å². The molecule has 14 heavy (non-hydrogen) atoms. The summed E-state index contributed by atoms with van der Waals surface area (Å²) < 4.78 is 0. The lowest BCUT2D eigenvalue weighted by molar-refractivity contribution is -0.116. The largest absolute Gasteiger partial charge is 0.440 e. The van der Waals surface area contributed by atoms with Crippen LogP contribution < -0.4 is 5.32 Å². The molecule has 0 aliphatic carbocycles. The van der Waals surface area contributed by atoms with Gasteiger partial charge in [0.2, 0.25) is 0 Å². The molecule has 0 saturated heterocycles. The van der Waals surface area contributed by atoms with Gasteiger partial charge in [-0.2, -0.15) is 0 Å². The van der Waals surface area contributed by atoms with Crippen molar-refractivity contribution >= 4 is 17.7 Å². The van der Waals surface area contributed by atoms with E-state index in [1.807, 2.05) is 12.2 Å². The molecule has 0 aromatic heterocycles. The van der Waals surface area contributed by atoms with Crippen LogP contribution in [0.2, 0.25) is 0 Å². The van der Waals surface area contributed by atoms with Gasteiger partial charge in [0, 0.05) is 5.57 Å². The summed E-state index contributed by atoms with van der Waals surface area (Å²) in [4.78, 5) is 26.2. The van der Waals surface area contributed by atoms with Crippen molar-refractivity contribution in [2.24, 2.45) is 5.16 Å². The average Bonchev–Trinajstić information content (AvgIpc) is 2.13. The Hall–Kier alpha value is -1.65. The second kappa shape index (κ2) is 5.90. The van der Waals surface area contributed by atoms with E-state index in [2.05, 4.69) is 16.6 Å². The van der Waals surface area contributed by atoms with Crippen LogP contribution in [0.15, 0.2) is 17.3 Å². The molecule has 78 valence electrons. The van der Waals surface area contributed by atoms with Gasteiger partial charge in [0.1, 0.15) is 0 Å². The van der Waals surface area contributed by atoms with Crippen LogP contribution in [0.5, 0.6) is 0 Å². The molecule has 0 aliphatic rings. The monoisotopic (exact) mass is 198 g/mol. The van der Waals surface area contributed by atoms with Crippen molar-refractivity contribution in [3.8, 4) is 0 Å². The highest BCUT2D eigenvalue weighted by atomic mass is 16.7. The van der Waals surface area contributed by atoms with Crippen molar-refractivity contribution in [2.45, 2.75) is 27.2 Å². The number of hydrogen-bond donors (Lipinski definition) is 1. The first-order valence-electron chi connectivity index (χ1n) is 4.18. The summed E-state index contributed by atoms with van der Waals surface area (Å²) in [6.07, 6.45) is -0.215. The Morgan fingerprint density at radius 1 is 1.43 bits per heavy atom. The number of carbonyl (C=O) groups excluding carboxylic acids is 2. The van der Waals surface area contributed by atoms with Gasteiger partial charge >= 0.3 is 6.09 Å². The van der Waals surface area contributed by atoms with Gasteiger partial charge in [0.25, 0.3) is 5.91 Å². The van der Waals surface area contributed by atoms with E-state index >= 15 is 0 Å². The minimum Gasteiger partial charge on any atom is -0.298 e. The molecular weight excluding hydrogens is 184 g/mol. The molecule has 1 N–H and O–H groups in total. The van der Waals surface area contributed by atoms with E-state index in [-0.39, 0.29) is 5.57 Å². The summed E-state index contributed by atoms with van der Waals surface area (Å²) in [5.41, 5.74) is 0.904. The van der Waals surface area contributed by atoms with Crippen LogP contribution in [0, 0.1) is 0 Å². The van der Waals surface area contributed by atoms with E-state index in [4.69, 9.17) is 0 Å². The number of carbonyl (C=O) groups is 2. The number of amides is 2. The Kier molecular flexibility index (Phi) is 5.21. The molecule has 0 saturated carbocycles. The Morgan fingerprint density at radius 2 is 2.00 bits per heavy atom. The zero-order chi connectivity index (χ0) is 11.1. The van der Waals surface area contributed by atoms with Gasteiger partial charge in [-0.25, -0.2) is 4.79 Å². The van der Waals surface area contributed by atoms with Gasteiger partial charge in [-0.15, -0.1) is 0 Å². The first-order chi connectivity index (χ1) is 6.47. The molecule has 0 atom stereocenters. The fraction of sp³-hybridized carbons (Fsp3) is 0.444. The predicted octanol–water partition coefficient (Wildman–Crippen LogP) is 1.60. The number of hydrogen-bond acceptors (Lipinski definition) is 4. The highest BCUT2D eigenvalue weighted by Crippen LogP contribution is 1.89. The van der Waals surface area contributed by atoms with Gasteiger partial charge in [0.05, 0.1) is 5.71 Å². The van der Waals surface area contributed by atoms with Gasteiger partial charge < -0.3 is 0 Å². The number of imide groups is 1. The zero-order valence-electron chi connectivity index (χ0n) is 8.59. The lowest BCUT2D eigenvalue weighted by Crippen LogP contribution is -2.30. The van der Waals surface area contributed by atoms with Gasteiger partial charge in [-0.3, -0.25) is 14.9 Å². The summed E-state index contributed by atoms with van der Waals surface area (Å²) in [6.45, 7) is 8.44. The molecule has 0 radical (unpaired) electrons. The van der Waals surface area contributed by atoms with Gasteiger partial charge in [-0.05, 0) is 20.3 Å². The van der Waals surface area contributed by atoms with E-state index in [1.54, 1.807) is 6.92 Å². The highest BCUT2D eigenvalue weighted by molar-refractivity contribution is 6.01. The van der Waals surface area contributed by atoms with E-state index in [9.17, 15) is 9.59 Å². The van der Waals surface area contributed by atoms with Crippen molar-refractivity contribution in [1.82, 2.24) is 5.32 Å².